The molecule has 86 valence electrons. The molecular weight excluding hydrogens is 194 g/mol. The van der Waals surface area contributed by atoms with Gasteiger partial charge in [-0.2, -0.15) is 0 Å². The van der Waals surface area contributed by atoms with Crippen molar-refractivity contribution in [2.75, 3.05) is 7.11 Å². The second kappa shape index (κ2) is 3.83. The first-order valence-corrected chi connectivity index (χ1v) is 5.23. The van der Waals surface area contributed by atoms with E-state index in [2.05, 4.69) is 10.1 Å². The quantitative estimate of drug-likeness (QED) is 0.762. The van der Waals surface area contributed by atoms with Gasteiger partial charge in [0.15, 0.2) is 5.78 Å². The third-order valence-electron chi connectivity index (χ3n) is 2.85. The number of methoxy groups -OCH3 is 1. The lowest BCUT2D eigenvalue weighted by Gasteiger charge is -2.43. The third kappa shape index (κ3) is 2.30. The number of amides is 1. The molecule has 0 aromatic carbocycles. The second-order valence-electron chi connectivity index (χ2n) is 5.13. The molecule has 0 aromatic heterocycles. The van der Waals surface area contributed by atoms with E-state index in [9.17, 15) is 9.59 Å². The van der Waals surface area contributed by atoms with Crippen LogP contribution >= 0.6 is 0 Å². The minimum absolute atomic E-state index is 0.0895. The fraction of sp³-hybridized carbons (Fsp3) is 0.818. The molecule has 1 aliphatic rings. The molecule has 0 radical (unpaired) electrons. The van der Waals surface area contributed by atoms with Crippen molar-refractivity contribution in [2.24, 2.45) is 5.41 Å². The maximum Gasteiger partial charge on any atom is 0.407 e. The lowest BCUT2D eigenvalue weighted by molar-refractivity contribution is -0.136. The van der Waals surface area contributed by atoms with Crippen LogP contribution in [0.4, 0.5) is 4.79 Å². The zero-order chi connectivity index (χ0) is 11.7. The van der Waals surface area contributed by atoms with Crippen LogP contribution in [-0.4, -0.2) is 24.5 Å². The Balaban J connectivity index is 2.77. The van der Waals surface area contributed by atoms with Crippen LogP contribution in [0.2, 0.25) is 0 Å². The van der Waals surface area contributed by atoms with E-state index in [0.717, 1.165) is 19.3 Å². The molecule has 1 fully saturated rings. The van der Waals surface area contributed by atoms with Crippen molar-refractivity contribution in [3.63, 3.8) is 0 Å². The summed E-state index contributed by atoms with van der Waals surface area (Å²) in [6.45, 7) is 5.61. The normalized spacial score (nSPS) is 18.9. The highest BCUT2D eigenvalue weighted by molar-refractivity contribution is 5.96. The monoisotopic (exact) mass is 213 g/mol. The zero-order valence-electron chi connectivity index (χ0n) is 9.85. The van der Waals surface area contributed by atoms with Crippen LogP contribution in [0.5, 0.6) is 0 Å². The van der Waals surface area contributed by atoms with Gasteiger partial charge in [0.1, 0.15) is 5.54 Å². The average molecular weight is 213 g/mol. The van der Waals surface area contributed by atoms with Crippen molar-refractivity contribution in [3.8, 4) is 0 Å². The first-order valence-electron chi connectivity index (χ1n) is 5.23. The van der Waals surface area contributed by atoms with E-state index < -0.39 is 17.0 Å². The van der Waals surface area contributed by atoms with Crippen molar-refractivity contribution in [2.45, 2.75) is 45.6 Å². The highest BCUT2D eigenvalue weighted by atomic mass is 16.5. The maximum atomic E-state index is 12.1. The number of hydrogen-bond acceptors (Lipinski definition) is 3. The van der Waals surface area contributed by atoms with Gasteiger partial charge in [-0.15, -0.1) is 0 Å². The minimum atomic E-state index is -0.675. The van der Waals surface area contributed by atoms with E-state index in [1.165, 1.54) is 7.11 Å². The van der Waals surface area contributed by atoms with Gasteiger partial charge < -0.3 is 10.1 Å². The number of alkyl carbamates (subject to hydrolysis) is 1. The average Bonchev–Trinajstić information content (AvgIpc) is 2.08. The van der Waals surface area contributed by atoms with E-state index in [-0.39, 0.29) is 5.78 Å². The number of carbonyl (C=O) groups is 2. The van der Waals surface area contributed by atoms with Crippen LogP contribution in [0.3, 0.4) is 0 Å². The SMILES string of the molecule is COC(=O)NC1(C(=O)C(C)(C)C)CCC1. The fourth-order valence-corrected chi connectivity index (χ4v) is 1.90. The fourth-order valence-electron chi connectivity index (χ4n) is 1.90. The van der Waals surface area contributed by atoms with Gasteiger partial charge in [-0.1, -0.05) is 20.8 Å². The molecule has 0 aromatic rings. The second-order valence-corrected chi connectivity index (χ2v) is 5.13. The van der Waals surface area contributed by atoms with Crippen LogP contribution in [0.25, 0.3) is 0 Å². The molecule has 0 heterocycles. The minimum Gasteiger partial charge on any atom is -0.453 e. The molecular formula is C11H19NO3. The first-order chi connectivity index (χ1) is 6.82. The number of carbonyl (C=O) groups excluding carboxylic acids is 2. The van der Waals surface area contributed by atoms with Crippen LogP contribution in [0.1, 0.15) is 40.0 Å². The standard InChI is InChI=1S/C11H19NO3/c1-10(2,3)8(13)11(6-5-7-11)12-9(14)15-4/h5-7H2,1-4H3,(H,12,14). The predicted octanol–water partition coefficient (Wildman–Crippen LogP) is 1.88. The smallest absolute Gasteiger partial charge is 0.407 e. The lowest BCUT2D eigenvalue weighted by atomic mass is 9.67. The van der Waals surface area contributed by atoms with Crippen LogP contribution in [0.15, 0.2) is 0 Å². The van der Waals surface area contributed by atoms with Gasteiger partial charge >= 0.3 is 6.09 Å². The number of ether oxygens (including phenoxy) is 1. The van der Waals surface area contributed by atoms with Gasteiger partial charge in [-0.05, 0) is 19.3 Å². The summed E-state index contributed by atoms with van der Waals surface area (Å²) in [4.78, 5) is 23.3. The molecule has 0 saturated heterocycles. The summed E-state index contributed by atoms with van der Waals surface area (Å²) in [7, 11) is 1.31. The van der Waals surface area contributed by atoms with Gasteiger partial charge in [0, 0.05) is 5.41 Å². The van der Waals surface area contributed by atoms with Crippen LogP contribution < -0.4 is 5.32 Å². The van der Waals surface area contributed by atoms with E-state index in [1.807, 2.05) is 20.8 Å². The molecule has 1 N–H and O–H groups in total. The Morgan fingerprint density at radius 2 is 1.80 bits per heavy atom. The van der Waals surface area contributed by atoms with Crippen molar-refractivity contribution in [3.05, 3.63) is 0 Å². The molecule has 15 heavy (non-hydrogen) atoms. The summed E-state index contributed by atoms with van der Waals surface area (Å²) in [6, 6.07) is 0. The Hall–Kier alpha value is -1.06. The van der Waals surface area contributed by atoms with Crippen molar-refractivity contribution in [1.29, 1.82) is 0 Å². The molecule has 1 rings (SSSR count). The Morgan fingerprint density at radius 1 is 1.27 bits per heavy atom. The highest BCUT2D eigenvalue weighted by Gasteiger charge is 2.49. The van der Waals surface area contributed by atoms with Gasteiger partial charge in [0.2, 0.25) is 0 Å². The molecule has 0 unspecified atom stereocenters. The van der Waals surface area contributed by atoms with E-state index >= 15 is 0 Å². The molecule has 1 saturated carbocycles. The number of hydrogen-bond donors (Lipinski definition) is 1. The third-order valence-corrected chi connectivity index (χ3v) is 2.85. The molecule has 0 aliphatic heterocycles. The number of Topliss-reactive ketones (excluding diaryl/α,β-unsaturated/α-hetero) is 1. The molecule has 0 spiro atoms. The zero-order valence-corrected chi connectivity index (χ0v) is 9.85. The maximum absolute atomic E-state index is 12.1. The van der Waals surface area contributed by atoms with Crippen LogP contribution in [0, 0.1) is 5.41 Å². The van der Waals surface area contributed by atoms with Gasteiger partial charge in [0.05, 0.1) is 7.11 Å². The number of rotatable bonds is 2. The van der Waals surface area contributed by atoms with Crippen LogP contribution in [-0.2, 0) is 9.53 Å². The molecule has 0 atom stereocenters. The number of ketones is 1. The summed E-state index contributed by atoms with van der Waals surface area (Å²) < 4.78 is 4.54. The summed E-state index contributed by atoms with van der Waals surface area (Å²) in [5, 5.41) is 2.68. The van der Waals surface area contributed by atoms with Gasteiger partial charge in [-0.3, -0.25) is 4.79 Å². The predicted molar refractivity (Wildman–Crippen MR) is 56.6 cm³/mol. The lowest BCUT2D eigenvalue weighted by Crippen LogP contribution is -2.62. The van der Waals surface area contributed by atoms with Crippen molar-refractivity contribution in [1.82, 2.24) is 5.32 Å². The first kappa shape index (κ1) is 12.0. The summed E-state index contributed by atoms with van der Waals surface area (Å²) in [6.07, 6.45) is 1.90. The molecule has 4 heteroatoms. The van der Waals surface area contributed by atoms with Gasteiger partial charge in [-0.25, -0.2) is 4.79 Å². The largest absolute Gasteiger partial charge is 0.453 e. The topological polar surface area (TPSA) is 55.4 Å². The van der Waals surface area contributed by atoms with E-state index in [4.69, 9.17) is 0 Å². The summed E-state index contributed by atoms with van der Waals surface area (Å²) in [5.74, 6) is 0.0895. The van der Waals surface area contributed by atoms with Gasteiger partial charge in [0.25, 0.3) is 0 Å². The van der Waals surface area contributed by atoms with Crippen molar-refractivity contribution < 1.29 is 14.3 Å². The Kier molecular flexibility index (Phi) is 3.07. The highest BCUT2D eigenvalue weighted by Crippen LogP contribution is 2.38. The Labute approximate surface area is 90.4 Å². The van der Waals surface area contributed by atoms with E-state index in [1.54, 1.807) is 0 Å². The molecule has 1 amide bonds. The summed E-state index contributed by atoms with van der Waals surface area (Å²) >= 11 is 0. The molecule has 1 aliphatic carbocycles. The Morgan fingerprint density at radius 3 is 2.07 bits per heavy atom. The molecule has 4 nitrogen and oxygen atoms in total. The summed E-state index contributed by atoms with van der Waals surface area (Å²) in [5.41, 5.74) is -1.10. The Bertz CT molecular complexity index is 274. The van der Waals surface area contributed by atoms with E-state index in [0.29, 0.717) is 0 Å². The van der Waals surface area contributed by atoms with Crippen molar-refractivity contribution >= 4 is 11.9 Å². The number of nitrogens with one attached hydrogen (secondary N) is 1. The molecule has 0 bridgehead atoms.